The Bertz CT molecular complexity index is 959. The third kappa shape index (κ3) is 5.03. The molecule has 0 heterocycles. The van der Waals surface area contributed by atoms with Crippen LogP contribution >= 0.6 is 7.37 Å². The topological polar surface area (TPSA) is 37.3 Å². The van der Waals surface area contributed by atoms with Crippen molar-refractivity contribution in [3.8, 4) is 0 Å². The van der Waals surface area contributed by atoms with Gasteiger partial charge in [-0.1, -0.05) is 0 Å². The van der Waals surface area contributed by atoms with Gasteiger partial charge in [-0.3, -0.25) is 4.57 Å². The Labute approximate surface area is 232 Å². The Morgan fingerprint density at radius 3 is 0.595 bits per heavy atom. The molecular formula is C12HF26NaO2P. The van der Waals surface area contributed by atoms with E-state index in [1.54, 1.807) is 0 Å². The molecule has 0 unspecified atom stereocenters. The minimum Gasteiger partial charge on any atom is -0.336 e. The number of hydrogen-bond acceptors (Lipinski definition) is 1. The van der Waals surface area contributed by atoms with Crippen LogP contribution < -0.4 is 0 Å². The zero-order chi connectivity index (χ0) is 34.5. The molecule has 0 spiro atoms. The molecule has 0 aromatic heterocycles. The van der Waals surface area contributed by atoms with Crippen LogP contribution in [0, 0.1) is 0 Å². The molecule has 42 heavy (non-hydrogen) atoms. The van der Waals surface area contributed by atoms with E-state index in [0.717, 1.165) is 0 Å². The van der Waals surface area contributed by atoms with E-state index < -0.39 is 78.4 Å². The zero-order valence-corrected chi connectivity index (χ0v) is 21.0. The molecule has 30 heteroatoms. The van der Waals surface area contributed by atoms with Gasteiger partial charge in [0.15, 0.2) is 0 Å². The Morgan fingerprint density at radius 2 is 0.452 bits per heavy atom. The van der Waals surface area contributed by atoms with Crippen molar-refractivity contribution in [3.63, 3.8) is 0 Å². The second-order valence-corrected chi connectivity index (χ2v) is 9.52. The first-order valence-corrected chi connectivity index (χ1v) is 9.90. The van der Waals surface area contributed by atoms with Crippen molar-refractivity contribution in [1.82, 2.24) is 0 Å². The number of halogens is 26. The minimum absolute atomic E-state index is 0. The van der Waals surface area contributed by atoms with E-state index in [1.807, 2.05) is 0 Å². The molecule has 0 amide bonds. The normalized spacial score (nSPS) is 16.8. The van der Waals surface area contributed by atoms with Crippen molar-refractivity contribution in [2.45, 2.75) is 71.1 Å². The number of rotatable bonds is 10. The molecule has 1 N–H and O–H groups in total. The van der Waals surface area contributed by atoms with Crippen LogP contribution in [0.5, 0.6) is 0 Å². The summed E-state index contributed by atoms with van der Waals surface area (Å²) in [6, 6.07) is 0. The molecule has 0 saturated carbocycles. The first-order valence-electron chi connectivity index (χ1n) is 8.24. The van der Waals surface area contributed by atoms with Gasteiger partial charge < -0.3 is 4.89 Å². The van der Waals surface area contributed by atoms with E-state index in [1.165, 1.54) is 0 Å². The second-order valence-electron chi connectivity index (χ2n) is 7.25. The zero-order valence-electron chi connectivity index (χ0n) is 18.1. The van der Waals surface area contributed by atoms with Crippen molar-refractivity contribution in [1.29, 1.82) is 0 Å². The first-order chi connectivity index (χ1) is 17.0. The summed E-state index contributed by atoms with van der Waals surface area (Å²) < 4.78 is 347. The Hall–Kier alpha value is -0.630. The summed E-state index contributed by atoms with van der Waals surface area (Å²) in [5.41, 5.74) is -18.7. The van der Waals surface area contributed by atoms with Gasteiger partial charge in [-0.15, -0.1) is 0 Å². The van der Waals surface area contributed by atoms with Crippen LogP contribution in [0.1, 0.15) is 0 Å². The molecule has 0 bridgehead atoms. The van der Waals surface area contributed by atoms with Crippen LogP contribution in [0.2, 0.25) is 0 Å². The molecule has 2 nitrogen and oxygen atoms in total. The van der Waals surface area contributed by atoms with Crippen LogP contribution in [0.15, 0.2) is 0 Å². The van der Waals surface area contributed by atoms with Crippen molar-refractivity contribution in [2.75, 3.05) is 0 Å². The summed E-state index contributed by atoms with van der Waals surface area (Å²) in [4.78, 5) is 8.34. The van der Waals surface area contributed by atoms with Crippen LogP contribution in [0.4, 0.5) is 114 Å². The van der Waals surface area contributed by atoms with Crippen molar-refractivity contribution in [2.24, 2.45) is 0 Å². The Balaban J connectivity index is 0. The van der Waals surface area contributed by atoms with E-state index >= 15 is 0 Å². The third-order valence-electron chi connectivity index (χ3n) is 4.59. The standard InChI is InChI=1S/C12HF26O2P.Na/c13-1(14,5(21,22)9(29,30)31)3(17,18)7(25,26)11(35,36)41(39,40)12(37,38)8(27,28)4(19,20)2(15,16)6(23,24)10(32,33)34;/h(H,39,40);. The van der Waals surface area contributed by atoms with Crippen LogP contribution in [-0.4, -0.2) is 106 Å². The molecule has 0 aliphatic rings. The Morgan fingerprint density at radius 1 is 0.310 bits per heavy atom. The molecule has 0 rings (SSSR count). The molecule has 1 radical (unpaired) electrons. The molecule has 0 aromatic carbocycles. The summed E-state index contributed by atoms with van der Waals surface area (Å²) in [5, 5.41) is 0. The number of hydrogen-bond donors (Lipinski definition) is 1. The fourth-order valence-electron chi connectivity index (χ4n) is 2.08. The van der Waals surface area contributed by atoms with Gasteiger partial charge in [0.2, 0.25) is 0 Å². The molecule has 0 aliphatic heterocycles. The summed E-state index contributed by atoms with van der Waals surface area (Å²) in [6.07, 6.45) is -16.4. The van der Waals surface area contributed by atoms with E-state index in [0.29, 0.717) is 0 Å². The maximum atomic E-state index is 13.6. The molecular weight excluding hydrogens is 724 g/mol. The summed E-state index contributed by atoms with van der Waals surface area (Å²) in [7, 11) is -10.7. The SMILES string of the molecule is O=P(O)(C(F)(F)C(F)(F)C(F)(F)C(F)(F)C(F)(F)C(F)(F)F)C(F)(F)C(F)(F)C(F)(F)C(F)(F)C(F)(F)C(F)(F)F.[Na]. The molecule has 0 saturated heterocycles. The van der Waals surface area contributed by atoms with Crippen LogP contribution in [-0.2, 0) is 4.57 Å². The molecule has 0 atom stereocenters. The van der Waals surface area contributed by atoms with Gasteiger partial charge in [0, 0.05) is 29.6 Å². The van der Waals surface area contributed by atoms with Gasteiger partial charge in [0.25, 0.3) is 0 Å². The summed E-state index contributed by atoms with van der Waals surface area (Å²) in [5.74, 6) is -73.1. The van der Waals surface area contributed by atoms with E-state index in [9.17, 15) is 119 Å². The molecule has 0 fully saturated rings. The molecule has 249 valence electrons. The smallest absolute Gasteiger partial charge is 0.336 e. The summed E-state index contributed by atoms with van der Waals surface area (Å²) in [6.45, 7) is 0. The van der Waals surface area contributed by atoms with Crippen LogP contribution in [0.25, 0.3) is 0 Å². The van der Waals surface area contributed by atoms with Gasteiger partial charge >= 0.3 is 78.4 Å². The quantitative estimate of drug-likeness (QED) is 0.140. The van der Waals surface area contributed by atoms with Gasteiger partial charge in [-0.05, 0) is 0 Å². The van der Waals surface area contributed by atoms with E-state index in [4.69, 9.17) is 4.89 Å². The monoisotopic (exact) mass is 725 g/mol. The molecule has 0 aromatic rings. The van der Waals surface area contributed by atoms with E-state index in [2.05, 4.69) is 0 Å². The first kappa shape index (κ1) is 43.5. The number of alkyl halides is 26. The van der Waals surface area contributed by atoms with Crippen molar-refractivity contribution in [3.05, 3.63) is 0 Å². The van der Waals surface area contributed by atoms with Gasteiger partial charge in [0.05, 0.1) is 0 Å². The summed E-state index contributed by atoms with van der Waals surface area (Å²) >= 11 is 0. The predicted octanol–water partition coefficient (Wildman–Crippen LogP) is 8.27. The van der Waals surface area contributed by atoms with E-state index in [-0.39, 0.29) is 29.6 Å². The largest absolute Gasteiger partial charge is 0.460 e. The third-order valence-corrected chi connectivity index (χ3v) is 6.68. The minimum atomic E-state index is -10.7. The fourth-order valence-corrected chi connectivity index (χ4v) is 3.47. The fraction of sp³-hybridized carbons (Fsp3) is 1.00. The van der Waals surface area contributed by atoms with Gasteiger partial charge in [0.1, 0.15) is 0 Å². The molecule has 0 aliphatic carbocycles. The maximum Gasteiger partial charge on any atom is 0.460 e. The van der Waals surface area contributed by atoms with Gasteiger partial charge in [-0.25, -0.2) is 0 Å². The Kier molecular flexibility index (Phi) is 10.8. The van der Waals surface area contributed by atoms with Crippen molar-refractivity contribution >= 4 is 36.9 Å². The maximum absolute atomic E-state index is 13.6. The van der Waals surface area contributed by atoms with Crippen molar-refractivity contribution < 1.29 is 124 Å². The van der Waals surface area contributed by atoms with Gasteiger partial charge in [-0.2, -0.15) is 114 Å². The van der Waals surface area contributed by atoms with Crippen LogP contribution in [0.3, 0.4) is 0 Å². The predicted molar refractivity (Wildman–Crippen MR) is 77.2 cm³/mol. The second kappa shape index (κ2) is 10.5. The average molecular weight is 725 g/mol. The average Bonchev–Trinajstić information content (AvgIpc) is 2.70.